The van der Waals surface area contributed by atoms with Crippen molar-refractivity contribution in [1.29, 1.82) is 0 Å². The van der Waals surface area contributed by atoms with Gasteiger partial charge in [0.15, 0.2) is 29.1 Å². The first kappa shape index (κ1) is 87.3. The van der Waals surface area contributed by atoms with Crippen molar-refractivity contribution >= 4 is 43.6 Å². The Morgan fingerprint density at radius 2 is 0.340 bits per heavy atom. The number of rotatable bonds is 11. The van der Waals surface area contributed by atoms with E-state index in [0.717, 1.165) is 78.1 Å². The van der Waals surface area contributed by atoms with E-state index in [1.165, 1.54) is 155 Å². The highest BCUT2D eigenvalue weighted by atomic mass is 15.2. The van der Waals surface area contributed by atoms with E-state index >= 15 is 0 Å². The topological polar surface area (TPSA) is 149 Å². The van der Waals surface area contributed by atoms with Gasteiger partial charge in [-0.15, -0.1) is 0 Å². The van der Waals surface area contributed by atoms with Gasteiger partial charge < -0.3 is 4.57 Å². The minimum absolute atomic E-state index is 0.599. The number of hydrogen-bond acceptors (Lipinski definition) is 10. The standard InChI is InChI=1S/C41H26N4.C36H23N3.C35H22N4.C24H15N3/c1-3-13-27(14-4-1)39-42-40(28-15-5-2-6-16-28)44-41(43-39)29-17-11-18-30(25-29)45-26-36-34-22-10-8-20-32(34)31-19-7-9-21-33(31)35-23-12-24-37(45)38(35)36;1-3-12-24(13-4-1)32-22-33(25-14-5-2-6-15-25)38-36(37-32)39-23-31-29-19-10-8-17-27(29)26-16-7-9-18-28(26)30-20-11-21-34(39)35(30)31;1-3-12-23(13-4-1)33-36-34(24-14-5-2-6-15-24)38-35(37-33)39-22-30-28-19-10-8-17-26(28)25-16-7-9-18-27(25)29-20-11-21-31(39)32(29)30;1-3-9-18-16(7-1)17-8-2-4-10-19(17)21-15-27(24-25-13-6-14-26-24)22-12-5-11-20(18)23(21)22/h1-26H;1-23H;1-22H;1-15H. The van der Waals surface area contributed by atoms with Crippen molar-refractivity contribution in [2.45, 2.75) is 0 Å². The van der Waals surface area contributed by atoms with Crippen molar-refractivity contribution in [2.24, 2.45) is 0 Å². The van der Waals surface area contributed by atoms with Crippen molar-refractivity contribution in [3.05, 3.63) is 522 Å². The van der Waals surface area contributed by atoms with E-state index in [0.29, 0.717) is 47.0 Å². The van der Waals surface area contributed by atoms with E-state index in [4.69, 9.17) is 39.9 Å². The molecule has 0 saturated carbocycles. The van der Waals surface area contributed by atoms with E-state index in [1.807, 2.05) is 140 Å². The van der Waals surface area contributed by atoms with Crippen LogP contribution in [0.3, 0.4) is 0 Å². The van der Waals surface area contributed by atoms with E-state index in [1.54, 1.807) is 12.4 Å². The lowest BCUT2D eigenvalue weighted by Gasteiger charge is -2.13. The highest BCUT2D eigenvalue weighted by Crippen LogP contribution is 2.55. The maximum atomic E-state index is 5.12. The van der Waals surface area contributed by atoms with Crippen molar-refractivity contribution in [3.63, 3.8) is 0 Å². The Morgan fingerprint density at radius 1 is 0.133 bits per heavy atom. The molecule has 14 heteroatoms. The lowest BCUT2D eigenvalue weighted by atomic mass is 9.94. The fourth-order valence-corrected chi connectivity index (χ4v) is 22.3. The normalized spacial score (nSPS) is 11.6. The third kappa shape index (κ3) is 15.3. The van der Waals surface area contributed by atoms with Gasteiger partial charge in [0.2, 0.25) is 17.8 Å². The van der Waals surface area contributed by atoms with Gasteiger partial charge >= 0.3 is 0 Å². The van der Waals surface area contributed by atoms with Crippen LogP contribution in [0.25, 0.3) is 280 Å². The van der Waals surface area contributed by atoms with Crippen molar-refractivity contribution < 1.29 is 0 Å². The van der Waals surface area contributed by atoms with Crippen LogP contribution in [0, 0.1) is 0 Å². The van der Waals surface area contributed by atoms with Gasteiger partial charge in [0.1, 0.15) is 0 Å². The van der Waals surface area contributed by atoms with E-state index in [9.17, 15) is 0 Å². The van der Waals surface area contributed by atoms with Gasteiger partial charge in [0, 0.05) is 126 Å². The van der Waals surface area contributed by atoms with Crippen molar-refractivity contribution in [1.82, 2.24) is 68.1 Å². The van der Waals surface area contributed by atoms with Crippen LogP contribution in [-0.4, -0.2) is 68.1 Å². The second-order valence-corrected chi connectivity index (χ2v) is 37.6. The van der Waals surface area contributed by atoms with Crippen LogP contribution in [-0.2, 0) is 0 Å². The van der Waals surface area contributed by atoms with Crippen LogP contribution in [0.2, 0.25) is 0 Å². The average molecular weight is 1920 g/mol. The molecule has 0 spiro atoms. The zero-order chi connectivity index (χ0) is 99.1. The van der Waals surface area contributed by atoms with Crippen LogP contribution < -0.4 is 0 Å². The molecule has 4 aliphatic rings. The lowest BCUT2D eigenvalue weighted by Crippen LogP contribution is -2.05. The molecule has 0 unspecified atom stereocenters. The van der Waals surface area contributed by atoms with Gasteiger partial charge in [-0.25, -0.2) is 39.9 Å². The molecule has 8 heterocycles. The van der Waals surface area contributed by atoms with E-state index in [-0.39, 0.29) is 0 Å². The summed E-state index contributed by atoms with van der Waals surface area (Å²) in [5.41, 5.74) is 43.9. The first-order valence-corrected chi connectivity index (χ1v) is 50.4. The Morgan fingerprint density at radius 3 is 0.633 bits per heavy atom. The van der Waals surface area contributed by atoms with Crippen molar-refractivity contribution in [2.75, 3.05) is 0 Å². The highest BCUT2D eigenvalue weighted by molar-refractivity contribution is 6.18. The van der Waals surface area contributed by atoms with Crippen LogP contribution in [0.1, 0.15) is 0 Å². The van der Waals surface area contributed by atoms with Crippen LogP contribution in [0.4, 0.5) is 0 Å². The smallest absolute Gasteiger partial charge is 0.238 e. The van der Waals surface area contributed by atoms with Gasteiger partial charge in [-0.2, -0.15) is 9.97 Å². The molecular formula is C136H86N14. The lowest BCUT2D eigenvalue weighted by molar-refractivity contribution is 0.934. The molecule has 0 saturated heterocycles. The molecule has 8 aromatic heterocycles. The Bertz CT molecular complexity index is 9480. The number of hydrogen-bond donors (Lipinski definition) is 0. The van der Waals surface area contributed by atoms with Crippen LogP contribution >= 0.6 is 0 Å². The minimum atomic E-state index is 0.599. The summed E-state index contributed by atoms with van der Waals surface area (Å²) >= 11 is 0. The summed E-state index contributed by atoms with van der Waals surface area (Å²) in [4.78, 5) is 48.9. The summed E-state index contributed by atoms with van der Waals surface area (Å²) in [5, 5.41) is 4.95. The maximum absolute atomic E-state index is 5.12. The monoisotopic (exact) mass is 1910 g/mol. The fraction of sp³-hybridized carbons (Fsp3) is 0. The molecule has 0 amide bonds. The first-order chi connectivity index (χ1) is 74.4. The predicted molar refractivity (Wildman–Crippen MR) is 609 cm³/mol. The van der Waals surface area contributed by atoms with Gasteiger partial charge in [0.25, 0.3) is 0 Å². The molecule has 0 aliphatic heterocycles. The molecule has 700 valence electrons. The molecule has 14 nitrogen and oxygen atoms in total. The quantitative estimate of drug-likeness (QED) is 0.122. The number of benzene rings is 19. The summed E-state index contributed by atoms with van der Waals surface area (Å²) in [7, 11) is 0. The third-order valence-electron chi connectivity index (χ3n) is 29.0. The zero-order valence-corrected chi connectivity index (χ0v) is 80.9. The largest absolute Gasteiger partial charge is 0.316 e. The van der Waals surface area contributed by atoms with Gasteiger partial charge in [-0.05, 0) is 160 Å². The fourth-order valence-electron chi connectivity index (χ4n) is 22.3. The molecular weight excluding hydrogens is 1830 g/mol. The Hall–Kier alpha value is -20.5. The molecule has 31 rings (SSSR count). The predicted octanol–water partition coefficient (Wildman–Crippen LogP) is 33.4. The second-order valence-electron chi connectivity index (χ2n) is 37.6. The van der Waals surface area contributed by atoms with E-state index < -0.39 is 0 Å². The highest BCUT2D eigenvalue weighted by Gasteiger charge is 2.32. The van der Waals surface area contributed by atoms with Crippen LogP contribution in [0.15, 0.2) is 522 Å². The minimum Gasteiger partial charge on any atom is -0.316 e. The summed E-state index contributed by atoms with van der Waals surface area (Å²) in [6, 6.07) is 169. The number of fused-ring (bicyclic) bond motifs is 20. The number of aromatic nitrogens is 14. The Kier molecular flexibility index (Phi) is 21.6. The van der Waals surface area contributed by atoms with Gasteiger partial charge in [0.05, 0.1) is 33.5 Å². The average Bonchev–Trinajstić information content (AvgIpc) is 1.58. The summed E-state index contributed by atoms with van der Waals surface area (Å²) < 4.78 is 8.69. The molecule has 0 radical (unpaired) electrons. The molecule has 4 aliphatic carbocycles. The SMILES string of the molecule is c1ccc(-c2cc(-c3ccccc3)nc(-n3cc4c5c(cccc53)-c3ccccc3-c3ccccc3-4)n2)cc1.c1ccc(-c2nc(-c3ccccc3)nc(-c3cccc(-n4cc5c6c(cccc64)-c4ccccc4-c4ccccc4-5)c3)n2)cc1.c1ccc(-c2nc(-c3ccccc3)nc(-n3cc4c5c(cccc53)-c3ccccc3-c3ccccc3-4)n2)cc1.c1cnc(-n2cc3c4c(cccc42)-c2ccccc2-c2ccccc2-3)nc1. The zero-order valence-electron chi connectivity index (χ0n) is 80.9. The molecule has 0 atom stereocenters. The van der Waals surface area contributed by atoms with Crippen LogP contribution in [0.5, 0.6) is 0 Å². The Labute approximate surface area is 864 Å². The second kappa shape index (κ2) is 37.0. The molecule has 0 N–H and O–H groups in total. The first-order valence-electron chi connectivity index (χ1n) is 50.4. The summed E-state index contributed by atoms with van der Waals surface area (Å²) in [5.74, 6) is 5.20. The summed E-state index contributed by atoms with van der Waals surface area (Å²) in [6.45, 7) is 0. The molecule has 0 bridgehead atoms. The third-order valence-corrected chi connectivity index (χ3v) is 29.0. The molecule has 0 fully saturated rings. The molecule has 150 heavy (non-hydrogen) atoms. The van der Waals surface area contributed by atoms with Crippen molar-refractivity contribution in [3.8, 4) is 237 Å². The summed E-state index contributed by atoms with van der Waals surface area (Å²) in [6.07, 6.45) is 12.4. The number of nitrogens with zero attached hydrogens (tertiary/aromatic N) is 14. The van der Waals surface area contributed by atoms with E-state index in [2.05, 4.69) is 399 Å². The Balaban J connectivity index is 0.0000000973. The molecule has 27 aromatic rings. The van der Waals surface area contributed by atoms with Gasteiger partial charge in [-0.3, -0.25) is 13.7 Å². The molecule has 19 aromatic carbocycles. The maximum Gasteiger partial charge on any atom is 0.238 e. The van der Waals surface area contributed by atoms with Gasteiger partial charge in [-0.1, -0.05) is 437 Å².